The van der Waals surface area contributed by atoms with E-state index in [0.717, 1.165) is 28.8 Å². The lowest BCUT2D eigenvalue weighted by molar-refractivity contribution is 0.213. The van der Waals surface area contributed by atoms with Crippen LogP contribution in [0.5, 0.6) is 0 Å². The third kappa shape index (κ3) is 2.50. The van der Waals surface area contributed by atoms with Gasteiger partial charge in [0.25, 0.3) is 0 Å². The molecule has 2 rings (SSSR count). The molecule has 0 aliphatic heterocycles. The Hall–Kier alpha value is -1.74. The molecule has 0 bridgehead atoms. The molecule has 0 aliphatic rings. The topological polar surface area (TPSA) is 46.0 Å². The molecule has 0 aliphatic carbocycles. The van der Waals surface area contributed by atoms with E-state index in [4.69, 9.17) is 0 Å². The van der Waals surface area contributed by atoms with Crippen LogP contribution in [-0.4, -0.2) is 15.1 Å². The summed E-state index contributed by atoms with van der Waals surface area (Å²) in [5.41, 5.74) is 3.62. The molecule has 1 unspecified atom stereocenters. The van der Waals surface area contributed by atoms with Gasteiger partial charge in [-0.05, 0) is 30.5 Å². The first-order valence-electron chi connectivity index (χ1n) is 5.75. The van der Waals surface area contributed by atoms with Gasteiger partial charge in [0.2, 0.25) is 0 Å². The molecule has 0 saturated heterocycles. The average Bonchev–Trinajstić information content (AvgIpc) is 2.38. The molecule has 2 heterocycles. The van der Waals surface area contributed by atoms with Gasteiger partial charge in [0, 0.05) is 24.2 Å². The quantitative estimate of drug-likeness (QED) is 0.877. The fourth-order valence-electron chi connectivity index (χ4n) is 1.88. The van der Waals surface area contributed by atoms with Crippen LogP contribution < -0.4 is 0 Å². The normalized spacial score (nSPS) is 12.4. The first-order chi connectivity index (χ1) is 8.22. The van der Waals surface area contributed by atoms with Crippen LogP contribution in [0.1, 0.15) is 35.4 Å². The van der Waals surface area contributed by atoms with Crippen LogP contribution in [0.15, 0.2) is 36.8 Å². The summed E-state index contributed by atoms with van der Waals surface area (Å²) in [5.74, 6) is 0. The van der Waals surface area contributed by atoms with Crippen molar-refractivity contribution in [3.8, 4) is 0 Å². The molecule has 0 saturated carbocycles. The maximum absolute atomic E-state index is 10.3. The second-order valence-corrected chi connectivity index (χ2v) is 4.10. The van der Waals surface area contributed by atoms with E-state index in [9.17, 15) is 5.11 Å². The second-order valence-electron chi connectivity index (χ2n) is 4.10. The summed E-state index contributed by atoms with van der Waals surface area (Å²) >= 11 is 0. The number of hydrogen-bond acceptors (Lipinski definition) is 3. The van der Waals surface area contributed by atoms with Gasteiger partial charge in [-0.2, -0.15) is 0 Å². The van der Waals surface area contributed by atoms with Crippen LogP contribution in [0.25, 0.3) is 0 Å². The summed E-state index contributed by atoms with van der Waals surface area (Å²) in [6.45, 7) is 4.02. The molecule has 2 aromatic rings. The number of nitrogens with zero attached hydrogens (tertiary/aromatic N) is 2. The molecule has 0 fully saturated rings. The number of rotatable bonds is 3. The summed E-state index contributed by atoms with van der Waals surface area (Å²) in [6.07, 6.45) is 5.33. The fraction of sp³-hybridized carbons (Fsp3) is 0.286. The molecule has 17 heavy (non-hydrogen) atoms. The summed E-state index contributed by atoms with van der Waals surface area (Å²) in [6, 6.07) is 5.82. The average molecular weight is 228 g/mol. The third-order valence-corrected chi connectivity index (χ3v) is 2.78. The van der Waals surface area contributed by atoms with Crippen molar-refractivity contribution in [3.05, 3.63) is 59.2 Å². The van der Waals surface area contributed by atoms with Crippen molar-refractivity contribution in [2.75, 3.05) is 0 Å². The maximum atomic E-state index is 10.3. The molecule has 1 atom stereocenters. The molecular weight excluding hydrogens is 212 g/mol. The van der Waals surface area contributed by atoms with Crippen LogP contribution in [0.4, 0.5) is 0 Å². The van der Waals surface area contributed by atoms with Crippen LogP contribution in [0.3, 0.4) is 0 Å². The van der Waals surface area contributed by atoms with Gasteiger partial charge in [-0.15, -0.1) is 0 Å². The summed E-state index contributed by atoms with van der Waals surface area (Å²) in [4.78, 5) is 8.38. The monoisotopic (exact) mass is 228 g/mol. The van der Waals surface area contributed by atoms with E-state index in [1.54, 1.807) is 18.6 Å². The summed E-state index contributed by atoms with van der Waals surface area (Å²) in [7, 11) is 0. The highest BCUT2D eigenvalue weighted by atomic mass is 16.3. The SMILES string of the molecule is CCc1cccnc1C(O)c1cncc(C)c1. The number of hydrogen-bond donors (Lipinski definition) is 1. The molecule has 0 radical (unpaired) electrons. The van der Waals surface area contributed by atoms with Crippen LogP contribution in [-0.2, 0) is 6.42 Å². The van der Waals surface area contributed by atoms with Crippen molar-refractivity contribution < 1.29 is 5.11 Å². The highest BCUT2D eigenvalue weighted by Crippen LogP contribution is 2.23. The molecule has 0 spiro atoms. The molecule has 2 aromatic heterocycles. The molecular formula is C14H16N2O. The lowest BCUT2D eigenvalue weighted by atomic mass is 10.0. The molecule has 88 valence electrons. The van der Waals surface area contributed by atoms with Gasteiger partial charge < -0.3 is 5.11 Å². The molecule has 0 aromatic carbocycles. The predicted molar refractivity (Wildman–Crippen MR) is 66.7 cm³/mol. The van der Waals surface area contributed by atoms with E-state index in [-0.39, 0.29) is 0 Å². The molecule has 3 nitrogen and oxygen atoms in total. The highest BCUT2D eigenvalue weighted by molar-refractivity contribution is 5.31. The zero-order chi connectivity index (χ0) is 12.3. The first kappa shape index (κ1) is 11.7. The van der Waals surface area contributed by atoms with E-state index < -0.39 is 6.10 Å². The van der Waals surface area contributed by atoms with Gasteiger partial charge in [-0.3, -0.25) is 9.97 Å². The van der Waals surface area contributed by atoms with Gasteiger partial charge in [-0.1, -0.05) is 19.1 Å². The van der Waals surface area contributed by atoms with Gasteiger partial charge in [0.05, 0.1) is 5.69 Å². The lowest BCUT2D eigenvalue weighted by Crippen LogP contribution is -2.06. The number of aliphatic hydroxyl groups is 1. The Labute approximate surface area is 101 Å². The van der Waals surface area contributed by atoms with E-state index in [2.05, 4.69) is 16.9 Å². The largest absolute Gasteiger partial charge is 0.382 e. The number of pyridine rings is 2. The van der Waals surface area contributed by atoms with Crippen molar-refractivity contribution >= 4 is 0 Å². The number of aliphatic hydroxyl groups excluding tert-OH is 1. The zero-order valence-electron chi connectivity index (χ0n) is 10.1. The molecule has 3 heteroatoms. The Morgan fingerprint density at radius 2 is 2.18 bits per heavy atom. The predicted octanol–water partition coefficient (Wildman–Crippen LogP) is 2.43. The van der Waals surface area contributed by atoms with Gasteiger partial charge in [0.15, 0.2) is 0 Å². The Kier molecular flexibility index (Phi) is 3.49. The van der Waals surface area contributed by atoms with E-state index >= 15 is 0 Å². The Morgan fingerprint density at radius 1 is 1.35 bits per heavy atom. The van der Waals surface area contributed by atoms with Crippen molar-refractivity contribution in [1.82, 2.24) is 9.97 Å². The fourth-order valence-corrected chi connectivity index (χ4v) is 1.88. The minimum Gasteiger partial charge on any atom is -0.382 e. The Bertz CT molecular complexity index is 511. The van der Waals surface area contributed by atoms with Crippen molar-refractivity contribution in [2.45, 2.75) is 26.4 Å². The van der Waals surface area contributed by atoms with Gasteiger partial charge >= 0.3 is 0 Å². The van der Waals surface area contributed by atoms with E-state index in [1.807, 2.05) is 25.1 Å². The number of aromatic nitrogens is 2. The first-order valence-corrected chi connectivity index (χ1v) is 5.75. The zero-order valence-corrected chi connectivity index (χ0v) is 10.1. The minimum absolute atomic E-state index is 0.696. The Balaban J connectivity index is 2.40. The summed E-state index contributed by atoms with van der Waals surface area (Å²) in [5, 5.41) is 10.3. The van der Waals surface area contributed by atoms with Crippen LogP contribution in [0.2, 0.25) is 0 Å². The van der Waals surface area contributed by atoms with E-state index in [1.165, 1.54) is 0 Å². The lowest BCUT2D eigenvalue weighted by Gasteiger charge is -2.13. The van der Waals surface area contributed by atoms with Gasteiger partial charge in [0.1, 0.15) is 6.10 Å². The smallest absolute Gasteiger partial charge is 0.123 e. The maximum Gasteiger partial charge on any atom is 0.123 e. The van der Waals surface area contributed by atoms with Crippen LogP contribution in [0, 0.1) is 6.92 Å². The third-order valence-electron chi connectivity index (χ3n) is 2.78. The van der Waals surface area contributed by atoms with Crippen LogP contribution >= 0.6 is 0 Å². The highest BCUT2D eigenvalue weighted by Gasteiger charge is 2.15. The molecule has 1 N–H and O–H groups in total. The molecule has 0 amide bonds. The second kappa shape index (κ2) is 5.06. The minimum atomic E-state index is -0.696. The van der Waals surface area contributed by atoms with Crippen molar-refractivity contribution in [1.29, 1.82) is 0 Å². The Morgan fingerprint density at radius 3 is 2.88 bits per heavy atom. The standard InChI is InChI=1S/C14H16N2O/c1-3-11-5-4-6-16-13(11)14(17)12-7-10(2)8-15-9-12/h4-9,14,17H,3H2,1-2H3. The van der Waals surface area contributed by atoms with Crippen molar-refractivity contribution in [3.63, 3.8) is 0 Å². The van der Waals surface area contributed by atoms with E-state index in [0.29, 0.717) is 0 Å². The van der Waals surface area contributed by atoms with Gasteiger partial charge in [-0.25, -0.2) is 0 Å². The van der Waals surface area contributed by atoms with Crippen molar-refractivity contribution in [2.24, 2.45) is 0 Å². The number of aryl methyl sites for hydroxylation is 2. The summed E-state index contributed by atoms with van der Waals surface area (Å²) < 4.78 is 0.